The van der Waals surface area contributed by atoms with E-state index in [-0.39, 0.29) is 16.9 Å². The van der Waals surface area contributed by atoms with Gasteiger partial charge in [-0.05, 0) is 38.0 Å². The molecule has 1 aromatic carbocycles. The van der Waals surface area contributed by atoms with Gasteiger partial charge in [-0.15, -0.1) is 4.40 Å². The number of anilines is 1. The molecule has 0 aliphatic carbocycles. The van der Waals surface area contributed by atoms with Gasteiger partial charge in [0.15, 0.2) is 0 Å². The zero-order valence-corrected chi connectivity index (χ0v) is 18.6. The summed E-state index contributed by atoms with van der Waals surface area (Å²) >= 11 is 0. The van der Waals surface area contributed by atoms with Crippen LogP contribution in [0.4, 0.5) is 10.5 Å². The highest BCUT2D eigenvalue weighted by Crippen LogP contribution is 2.33. The van der Waals surface area contributed by atoms with Crippen molar-refractivity contribution in [1.29, 1.82) is 0 Å². The number of benzene rings is 1. The number of amidine groups is 1. The van der Waals surface area contributed by atoms with Crippen LogP contribution in [-0.4, -0.2) is 75.4 Å². The van der Waals surface area contributed by atoms with Gasteiger partial charge >= 0.3 is 6.09 Å². The Bertz CT molecular complexity index is 965. The van der Waals surface area contributed by atoms with Crippen molar-refractivity contribution in [3.63, 3.8) is 0 Å². The highest BCUT2D eigenvalue weighted by atomic mass is 32.2. The summed E-state index contributed by atoms with van der Waals surface area (Å²) < 4.78 is 34.2. The molecule has 0 N–H and O–H groups in total. The fourth-order valence-electron chi connectivity index (χ4n) is 3.61. The van der Waals surface area contributed by atoms with Crippen molar-refractivity contribution in [3.8, 4) is 0 Å². The molecule has 164 valence electrons. The average molecular weight is 437 g/mol. The van der Waals surface area contributed by atoms with Crippen LogP contribution in [0.3, 0.4) is 0 Å². The van der Waals surface area contributed by atoms with E-state index < -0.39 is 10.0 Å². The van der Waals surface area contributed by atoms with E-state index in [0.717, 1.165) is 0 Å². The summed E-state index contributed by atoms with van der Waals surface area (Å²) in [6.07, 6.45) is -0.386. The van der Waals surface area contributed by atoms with Gasteiger partial charge in [-0.2, -0.15) is 8.42 Å². The van der Waals surface area contributed by atoms with Crippen LogP contribution in [0, 0.1) is 5.92 Å². The second kappa shape index (κ2) is 8.63. The van der Waals surface area contributed by atoms with E-state index in [0.29, 0.717) is 62.3 Å². The summed E-state index contributed by atoms with van der Waals surface area (Å²) in [6.45, 7) is 9.90. The maximum atomic E-state index is 13.0. The molecule has 1 aromatic rings. The lowest BCUT2D eigenvalue weighted by Gasteiger charge is -2.34. The molecule has 2 aliphatic rings. The third-order valence-corrected chi connectivity index (χ3v) is 6.45. The first-order valence-corrected chi connectivity index (χ1v) is 11.5. The molecule has 2 amide bonds. The second-order valence-corrected chi connectivity index (χ2v) is 9.35. The molecule has 0 radical (unpaired) electrons. The highest BCUT2D eigenvalue weighted by molar-refractivity contribution is 7.90. The van der Waals surface area contributed by atoms with E-state index in [1.165, 1.54) is 6.07 Å². The molecule has 1 fully saturated rings. The lowest BCUT2D eigenvalue weighted by molar-refractivity contribution is 0.0570. The zero-order valence-electron chi connectivity index (χ0n) is 17.8. The molecule has 0 atom stereocenters. The summed E-state index contributed by atoms with van der Waals surface area (Å²) in [5.74, 6) is 0.462. The number of piperazine rings is 1. The van der Waals surface area contributed by atoms with E-state index in [1.54, 1.807) is 35.8 Å². The predicted molar refractivity (Wildman–Crippen MR) is 113 cm³/mol. The third kappa shape index (κ3) is 4.43. The third-order valence-electron chi connectivity index (χ3n) is 5.06. The Morgan fingerprint density at radius 1 is 1.13 bits per heavy atom. The maximum absolute atomic E-state index is 13.0. The van der Waals surface area contributed by atoms with Crippen LogP contribution in [-0.2, 0) is 14.8 Å². The van der Waals surface area contributed by atoms with Crippen molar-refractivity contribution >= 4 is 33.5 Å². The average Bonchev–Trinajstić information content (AvgIpc) is 2.70. The number of carbonyl (C=O) groups excluding carboxylic acids is 2. The first-order chi connectivity index (χ1) is 14.1. The van der Waals surface area contributed by atoms with Crippen LogP contribution < -0.4 is 4.90 Å². The summed E-state index contributed by atoms with van der Waals surface area (Å²) in [7, 11) is -3.87. The standard InChI is InChI=1S/C20H28N4O5S/c1-5-29-20(26)23-10-8-22(9-11-23)19(25)16-6-7-17-18(12-16)30(27,28)21-15(4)24(17)13-14(2)3/h6-7,12,14H,5,8-11,13H2,1-4H3. The Morgan fingerprint density at radius 3 is 2.37 bits per heavy atom. The molecule has 0 unspecified atom stereocenters. The van der Waals surface area contributed by atoms with Crippen molar-refractivity contribution in [2.45, 2.75) is 32.6 Å². The number of carbonyl (C=O) groups is 2. The van der Waals surface area contributed by atoms with Crippen molar-refractivity contribution in [3.05, 3.63) is 23.8 Å². The molecule has 10 heteroatoms. The Hall–Kier alpha value is -2.62. The van der Waals surface area contributed by atoms with Gasteiger partial charge in [0.25, 0.3) is 15.9 Å². The number of ether oxygens (including phenoxy) is 1. The molecular weight excluding hydrogens is 408 g/mol. The molecule has 9 nitrogen and oxygen atoms in total. The fourth-order valence-corrected chi connectivity index (χ4v) is 4.87. The minimum Gasteiger partial charge on any atom is -0.450 e. The van der Waals surface area contributed by atoms with Gasteiger partial charge < -0.3 is 19.4 Å². The number of nitrogens with zero attached hydrogens (tertiary/aromatic N) is 4. The predicted octanol–water partition coefficient (Wildman–Crippen LogP) is 2.18. The van der Waals surface area contributed by atoms with Crippen LogP contribution >= 0.6 is 0 Å². The summed E-state index contributed by atoms with van der Waals surface area (Å²) in [5, 5.41) is 0. The number of fused-ring (bicyclic) bond motifs is 1. The van der Waals surface area contributed by atoms with Crippen molar-refractivity contribution in [2.75, 3.05) is 44.2 Å². The molecule has 0 aromatic heterocycles. The lowest BCUT2D eigenvalue weighted by Crippen LogP contribution is -2.50. The molecule has 0 saturated carbocycles. The Balaban J connectivity index is 1.81. The van der Waals surface area contributed by atoms with Gasteiger partial charge in [-0.3, -0.25) is 4.79 Å². The van der Waals surface area contributed by atoms with Crippen molar-refractivity contribution in [2.24, 2.45) is 10.3 Å². The number of sulfonamides is 1. The van der Waals surface area contributed by atoms with Crippen LogP contribution in [0.15, 0.2) is 27.5 Å². The number of hydrogen-bond acceptors (Lipinski definition) is 6. The number of amides is 2. The van der Waals surface area contributed by atoms with E-state index in [9.17, 15) is 18.0 Å². The molecular formula is C20H28N4O5S. The van der Waals surface area contributed by atoms with E-state index >= 15 is 0 Å². The normalized spacial score (nSPS) is 18.2. The molecule has 0 bridgehead atoms. The minimum absolute atomic E-state index is 0.0461. The first-order valence-electron chi connectivity index (χ1n) is 10.1. The van der Waals surface area contributed by atoms with E-state index in [2.05, 4.69) is 4.40 Å². The van der Waals surface area contributed by atoms with Gasteiger partial charge in [0.2, 0.25) is 0 Å². The van der Waals surface area contributed by atoms with Crippen molar-refractivity contribution in [1.82, 2.24) is 9.80 Å². The number of rotatable bonds is 4. The minimum atomic E-state index is -3.87. The quantitative estimate of drug-likeness (QED) is 0.717. The van der Waals surface area contributed by atoms with Crippen LogP contribution in [0.1, 0.15) is 38.1 Å². The topological polar surface area (TPSA) is 99.6 Å². The highest BCUT2D eigenvalue weighted by Gasteiger charge is 2.31. The Kier molecular flexibility index (Phi) is 6.35. The lowest BCUT2D eigenvalue weighted by atomic mass is 10.1. The summed E-state index contributed by atoms with van der Waals surface area (Å²) in [4.78, 5) is 29.9. The van der Waals surface area contributed by atoms with Crippen LogP contribution in [0.25, 0.3) is 0 Å². The number of hydrogen-bond donors (Lipinski definition) is 0. The second-order valence-electron chi connectivity index (χ2n) is 7.78. The van der Waals surface area contributed by atoms with Gasteiger partial charge in [0, 0.05) is 38.3 Å². The fraction of sp³-hybridized carbons (Fsp3) is 0.550. The van der Waals surface area contributed by atoms with E-state index in [4.69, 9.17) is 4.74 Å². The molecule has 0 spiro atoms. The Morgan fingerprint density at radius 2 is 1.77 bits per heavy atom. The molecule has 1 saturated heterocycles. The van der Waals surface area contributed by atoms with Gasteiger partial charge in [-0.25, -0.2) is 4.79 Å². The largest absolute Gasteiger partial charge is 0.450 e. The Labute approximate surface area is 177 Å². The van der Waals surface area contributed by atoms with Crippen LogP contribution in [0.2, 0.25) is 0 Å². The smallest absolute Gasteiger partial charge is 0.409 e. The molecule has 2 heterocycles. The zero-order chi connectivity index (χ0) is 22.1. The van der Waals surface area contributed by atoms with E-state index in [1.807, 2.05) is 18.7 Å². The SMILES string of the molecule is CCOC(=O)N1CCN(C(=O)c2ccc3c(c2)S(=O)(=O)N=C(C)N3CC(C)C)CC1. The van der Waals surface area contributed by atoms with Gasteiger partial charge in [0.1, 0.15) is 10.7 Å². The van der Waals surface area contributed by atoms with Gasteiger partial charge in [0.05, 0.1) is 12.3 Å². The molecule has 30 heavy (non-hydrogen) atoms. The summed E-state index contributed by atoms with van der Waals surface area (Å²) in [5.41, 5.74) is 0.834. The molecule has 2 aliphatic heterocycles. The van der Waals surface area contributed by atoms with Crippen molar-refractivity contribution < 1.29 is 22.7 Å². The molecule has 3 rings (SSSR count). The first kappa shape index (κ1) is 22.1. The summed E-state index contributed by atoms with van der Waals surface area (Å²) in [6, 6.07) is 4.74. The monoisotopic (exact) mass is 436 g/mol. The van der Waals surface area contributed by atoms with Crippen LogP contribution in [0.5, 0.6) is 0 Å². The maximum Gasteiger partial charge on any atom is 0.409 e. The van der Waals surface area contributed by atoms with Gasteiger partial charge in [-0.1, -0.05) is 13.8 Å².